The number of urea groups is 1. The summed E-state index contributed by atoms with van der Waals surface area (Å²) in [4.78, 5) is 37.9. The summed E-state index contributed by atoms with van der Waals surface area (Å²) in [6.07, 6.45) is 0. The average molecular weight is 393 g/mol. The Morgan fingerprint density at radius 2 is 1.97 bits per heavy atom. The molecule has 1 aliphatic heterocycles. The molecule has 3 amide bonds. The maximum Gasteiger partial charge on any atom is 0.337 e. The van der Waals surface area contributed by atoms with Crippen LogP contribution in [0.1, 0.15) is 28.4 Å². The van der Waals surface area contributed by atoms with Gasteiger partial charge >= 0.3 is 12.0 Å². The normalized spacial score (nSPS) is 18.2. The molecule has 0 spiro atoms. The number of hydrogen-bond acceptors (Lipinski definition) is 6. The van der Waals surface area contributed by atoms with Crippen LogP contribution in [0.15, 0.2) is 48.5 Å². The fourth-order valence-electron chi connectivity index (χ4n) is 3.08. The number of methoxy groups -OCH3 is 1. The predicted molar refractivity (Wildman–Crippen MR) is 102 cm³/mol. The van der Waals surface area contributed by atoms with Crippen molar-refractivity contribution in [3.05, 3.63) is 65.2 Å². The molecular formula is C21H19N3O5. The number of ether oxygens (including phenoxy) is 2. The van der Waals surface area contributed by atoms with E-state index < -0.39 is 23.4 Å². The van der Waals surface area contributed by atoms with E-state index in [1.165, 1.54) is 13.2 Å². The molecule has 1 heterocycles. The number of carbonyl (C=O) groups excluding carboxylic acids is 3. The molecule has 0 aromatic heterocycles. The van der Waals surface area contributed by atoms with E-state index in [0.717, 1.165) is 4.90 Å². The van der Waals surface area contributed by atoms with Gasteiger partial charge in [-0.05, 0) is 42.8 Å². The van der Waals surface area contributed by atoms with E-state index in [1.807, 2.05) is 6.07 Å². The first-order valence-corrected chi connectivity index (χ1v) is 8.85. The zero-order valence-corrected chi connectivity index (χ0v) is 16.0. The van der Waals surface area contributed by atoms with Crippen molar-refractivity contribution < 1.29 is 23.9 Å². The lowest BCUT2D eigenvalue weighted by Crippen LogP contribution is -2.41. The van der Waals surface area contributed by atoms with Gasteiger partial charge in [0.2, 0.25) is 0 Å². The van der Waals surface area contributed by atoms with Crippen molar-refractivity contribution in [2.45, 2.75) is 12.5 Å². The molecule has 1 fully saturated rings. The maximum absolute atomic E-state index is 12.9. The van der Waals surface area contributed by atoms with Crippen LogP contribution in [-0.2, 0) is 15.1 Å². The summed E-state index contributed by atoms with van der Waals surface area (Å²) in [7, 11) is 1.29. The Hall–Kier alpha value is -3.86. The Kier molecular flexibility index (Phi) is 5.50. The highest BCUT2D eigenvalue weighted by molar-refractivity contribution is 6.07. The first-order chi connectivity index (χ1) is 13.9. The molecule has 3 rings (SSSR count). The van der Waals surface area contributed by atoms with Crippen LogP contribution in [0, 0.1) is 11.3 Å². The molecule has 0 saturated carbocycles. The number of amides is 3. The molecule has 8 heteroatoms. The number of rotatable bonds is 6. The highest BCUT2D eigenvalue weighted by Crippen LogP contribution is 2.29. The highest BCUT2D eigenvalue weighted by atomic mass is 16.5. The van der Waals surface area contributed by atoms with E-state index in [-0.39, 0.29) is 13.2 Å². The summed E-state index contributed by atoms with van der Waals surface area (Å²) < 4.78 is 10.3. The van der Waals surface area contributed by atoms with Crippen molar-refractivity contribution in [1.82, 2.24) is 10.2 Å². The van der Waals surface area contributed by atoms with Gasteiger partial charge in [-0.25, -0.2) is 9.59 Å². The highest BCUT2D eigenvalue weighted by Gasteiger charge is 2.48. The number of carbonyl (C=O) groups is 3. The van der Waals surface area contributed by atoms with Crippen molar-refractivity contribution in [3.8, 4) is 11.8 Å². The van der Waals surface area contributed by atoms with Crippen molar-refractivity contribution in [1.29, 1.82) is 5.26 Å². The molecule has 0 aliphatic carbocycles. The first kappa shape index (κ1) is 19.9. The molecule has 1 N–H and O–H groups in total. The van der Waals surface area contributed by atoms with E-state index in [0.29, 0.717) is 22.4 Å². The van der Waals surface area contributed by atoms with E-state index in [1.54, 1.807) is 49.4 Å². The third-order valence-corrected chi connectivity index (χ3v) is 4.68. The lowest BCUT2D eigenvalue weighted by Gasteiger charge is -2.22. The smallest absolute Gasteiger partial charge is 0.337 e. The summed E-state index contributed by atoms with van der Waals surface area (Å²) >= 11 is 0. The molecule has 0 unspecified atom stereocenters. The van der Waals surface area contributed by atoms with Gasteiger partial charge in [0, 0.05) is 0 Å². The van der Waals surface area contributed by atoms with Crippen molar-refractivity contribution in [2.75, 3.05) is 20.3 Å². The van der Waals surface area contributed by atoms with Crippen LogP contribution in [0.2, 0.25) is 0 Å². The molecular weight excluding hydrogens is 374 g/mol. The first-order valence-electron chi connectivity index (χ1n) is 8.85. The Morgan fingerprint density at radius 1 is 1.21 bits per heavy atom. The van der Waals surface area contributed by atoms with E-state index in [2.05, 4.69) is 10.1 Å². The SMILES string of the molecule is COC(=O)c1cccc(OCCN2C(=O)N[C@](C)(c3cccc(C#N)c3)C2=O)c1. The van der Waals surface area contributed by atoms with Gasteiger partial charge in [0.1, 0.15) is 17.9 Å². The number of nitrogens with one attached hydrogen (secondary N) is 1. The number of nitriles is 1. The minimum Gasteiger partial charge on any atom is -0.492 e. The zero-order valence-electron chi connectivity index (χ0n) is 16.0. The fourth-order valence-corrected chi connectivity index (χ4v) is 3.08. The van der Waals surface area contributed by atoms with Crippen LogP contribution in [0.3, 0.4) is 0 Å². The number of hydrogen-bond donors (Lipinski definition) is 1. The summed E-state index contributed by atoms with van der Waals surface area (Å²) in [6.45, 7) is 1.68. The summed E-state index contributed by atoms with van der Waals surface area (Å²) in [5, 5.41) is 11.8. The van der Waals surface area contributed by atoms with Gasteiger partial charge < -0.3 is 14.8 Å². The van der Waals surface area contributed by atoms with Crippen LogP contribution < -0.4 is 10.1 Å². The fraction of sp³-hybridized carbons (Fsp3) is 0.238. The van der Waals surface area contributed by atoms with Gasteiger partial charge in [0.15, 0.2) is 0 Å². The topological polar surface area (TPSA) is 109 Å². The minimum absolute atomic E-state index is 0.0284. The lowest BCUT2D eigenvalue weighted by atomic mass is 9.91. The maximum atomic E-state index is 12.9. The third-order valence-electron chi connectivity index (χ3n) is 4.68. The van der Waals surface area contributed by atoms with Crippen molar-refractivity contribution >= 4 is 17.9 Å². The van der Waals surface area contributed by atoms with Crippen LogP contribution in [0.5, 0.6) is 5.75 Å². The zero-order chi connectivity index (χ0) is 21.0. The van der Waals surface area contributed by atoms with Crippen LogP contribution in [0.4, 0.5) is 4.79 Å². The monoisotopic (exact) mass is 393 g/mol. The second-order valence-corrected chi connectivity index (χ2v) is 6.57. The lowest BCUT2D eigenvalue weighted by molar-refractivity contribution is -0.131. The third kappa shape index (κ3) is 3.89. The molecule has 2 aromatic carbocycles. The predicted octanol–water partition coefficient (Wildman–Crippen LogP) is 2.19. The molecule has 148 valence electrons. The van der Waals surface area contributed by atoms with Crippen LogP contribution in [-0.4, -0.2) is 43.1 Å². The number of esters is 1. The molecule has 0 radical (unpaired) electrons. The van der Waals surface area contributed by atoms with Gasteiger partial charge in [-0.2, -0.15) is 5.26 Å². The molecule has 1 saturated heterocycles. The largest absolute Gasteiger partial charge is 0.492 e. The number of nitrogens with zero attached hydrogens (tertiary/aromatic N) is 2. The number of imide groups is 1. The molecule has 1 atom stereocenters. The Morgan fingerprint density at radius 3 is 2.69 bits per heavy atom. The van der Waals surface area contributed by atoms with Crippen LogP contribution in [0.25, 0.3) is 0 Å². The van der Waals surface area contributed by atoms with Gasteiger partial charge in [0.25, 0.3) is 5.91 Å². The Balaban J connectivity index is 1.68. The molecule has 1 aliphatic rings. The number of benzene rings is 2. The standard InChI is InChI=1S/C21H19N3O5/c1-21(16-7-3-5-14(11-16)13-22)19(26)24(20(27)23-21)9-10-29-17-8-4-6-15(12-17)18(25)28-2/h3-8,11-12H,9-10H2,1-2H3,(H,23,27)/t21-/m1/s1. The Labute approximate surface area is 167 Å². The molecule has 29 heavy (non-hydrogen) atoms. The van der Waals surface area contributed by atoms with Gasteiger partial charge in [-0.1, -0.05) is 18.2 Å². The van der Waals surface area contributed by atoms with E-state index in [4.69, 9.17) is 10.00 Å². The molecule has 2 aromatic rings. The quantitative estimate of drug-likeness (QED) is 0.595. The summed E-state index contributed by atoms with van der Waals surface area (Å²) in [5.74, 6) is -0.492. The summed E-state index contributed by atoms with van der Waals surface area (Å²) in [6, 6.07) is 14.5. The summed E-state index contributed by atoms with van der Waals surface area (Å²) in [5.41, 5.74) is 0.0152. The van der Waals surface area contributed by atoms with E-state index >= 15 is 0 Å². The van der Waals surface area contributed by atoms with Gasteiger partial charge in [-0.15, -0.1) is 0 Å². The molecule has 0 bridgehead atoms. The van der Waals surface area contributed by atoms with Crippen molar-refractivity contribution in [3.63, 3.8) is 0 Å². The minimum atomic E-state index is -1.26. The second kappa shape index (κ2) is 8.02. The van der Waals surface area contributed by atoms with Gasteiger partial charge in [-0.3, -0.25) is 9.69 Å². The van der Waals surface area contributed by atoms with Gasteiger partial charge in [0.05, 0.1) is 30.9 Å². The van der Waals surface area contributed by atoms with E-state index in [9.17, 15) is 14.4 Å². The Bertz CT molecular complexity index is 1010. The second-order valence-electron chi connectivity index (χ2n) is 6.57. The average Bonchev–Trinajstić information content (AvgIpc) is 2.97. The van der Waals surface area contributed by atoms with Crippen molar-refractivity contribution in [2.24, 2.45) is 0 Å². The van der Waals surface area contributed by atoms with Crippen LogP contribution >= 0.6 is 0 Å². The molecule has 8 nitrogen and oxygen atoms in total.